The second-order valence-corrected chi connectivity index (χ2v) is 9.61. The first kappa shape index (κ1) is 15.5. The maximum Gasteiger partial charge on any atom is 0.174 e. The molecule has 0 amide bonds. The molecule has 5 nitrogen and oxygen atoms in total. The number of aliphatic hydroxyl groups is 1. The number of carbonyl (C=O) groups excluding carboxylic acids is 1. The molecule has 5 atom stereocenters. The van der Waals surface area contributed by atoms with Crippen LogP contribution >= 0.6 is 0 Å². The monoisotopic (exact) mass is 356 g/mol. The number of phenols is 1. The standard InChI is InChI=1S/C21H25NO4/c1-22(11-12-2-3-12)9-8-20-17-13-4-5-14(23)18(17)26-19(20)15(24)6-7-21(20,25)16(22)10-13/h4-5,12,16,19,25H,2-3,6-11H2,1H3/p+1/t16?,19-,20-,21?,22?/m0/s1. The van der Waals surface area contributed by atoms with Crippen molar-refractivity contribution in [2.75, 3.05) is 20.1 Å². The van der Waals surface area contributed by atoms with Gasteiger partial charge in [0.15, 0.2) is 23.4 Å². The molecule has 3 fully saturated rings. The molecule has 3 unspecified atom stereocenters. The third kappa shape index (κ3) is 1.55. The molecule has 3 aliphatic carbocycles. The van der Waals surface area contributed by atoms with E-state index in [-0.39, 0.29) is 17.6 Å². The average Bonchev–Trinajstić information content (AvgIpc) is 3.32. The second-order valence-electron chi connectivity index (χ2n) is 9.61. The predicted molar refractivity (Wildman–Crippen MR) is 94.1 cm³/mol. The van der Waals surface area contributed by atoms with Crippen LogP contribution in [0, 0.1) is 5.92 Å². The summed E-state index contributed by atoms with van der Waals surface area (Å²) >= 11 is 0. The Morgan fingerprint density at radius 1 is 1.31 bits per heavy atom. The molecular formula is C21H26NO4+. The molecule has 2 N–H and O–H groups in total. The number of ketones is 1. The van der Waals surface area contributed by atoms with E-state index >= 15 is 0 Å². The molecule has 1 aromatic rings. The van der Waals surface area contributed by atoms with Gasteiger partial charge in [-0.05, 0) is 30.9 Å². The van der Waals surface area contributed by atoms with Crippen LogP contribution in [0.1, 0.15) is 43.2 Å². The summed E-state index contributed by atoms with van der Waals surface area (Å²) in [5.41, 5.74) is 0.492. The summed E-state index contributed by atoms with van der Waals surface area (Å²) in [6.07, 6.45) is 4.42. The Balaban J connectivity index is 1.60. The van der Waals surface area contributed by atoms with E-state index in [1.165, 1.54) is 12.8 Å². The number of hydrogen-bond donors (Lipinski definition) is 2. The van der Waals surface area contributed by atoms with Crippen LogP contribution in [-0.4, -0.2) is 58.4 Å². The highest BCUT2D eigenvalue weighted by Gasteiger charge is 2.76. The van der Waals surface area contributed by atoms with Crippen molar-refractivity contribution in [3.8, 4) is 11.5 Å². The van der Waals surface area contributed by atoms with E-state index in [1.807, 2.05) is 6.07 Å². The number of quaternary nitrogens is 1. The van der Waals surface area contributed by atoms with E-state index in [1.54, 1.807) is 6.07 Å². The summed E-state index contributed by atoms with van der Waals surface area (Å²) in [6.45, 7) is 2.09. The number of nitrogens with zero attached hydrogens (tertiary/aromatic N) is 1. The molecule has 6 rings (SSSR count). The molecule has 1 spiro atoms. The van der Waals surface area contributed by atoms with Crippen molar-refractivity contribution >= 4 is 5.78 Å². The van der Waals surface area contributed by atoms with Gasteiger partial charge in [0.2, 0.25) is 0 Å². The third-order valence-electron chi connectivity index (χ3n) is 8.28. The maximum absolute atomic E-state index is 12.8. The number of Topliss-reactive ketones (excluding diaryl/α,β-unsaturated/α-hetero) is 1. The number of likely N-dealkylation sites (tertiary alicyclic amines) is 1. The van der Waals surface area contributed by atoms with Gasteiger partial charge in [0.1, 0.15) is 11.6 Å². The van der Waals surface area contributed by atoms with E-state index in [9.17, 15) is 15.0 Å². The van der Waals surface area contributed by atoms with Gasteiger partial charge < -0.3 is 19.4 Å². The second kappa shape index (κ2) is 4.45. The van der Waals surface area contributed by atoms with Crippen LogP contribution < -0.4 is 4.74 Å². The molecule has 2 bridgehead atoms. The molecule has 2 heterocycles. The van der Waals surface area contributed by atoms with Gasteiger partial charge in [0.05, 0.1) is 25.6 Å². The lowest BCUT2D eigenvalue weighted by Gasteiger charge is -2.64. The number of carbonyl (C=O) groups is 1. The van der Waals surface area contributed by atoms with Crippen molar-refractivity contribution in [3.63, 3.8) is 0 Å². The lowest BCUT2D eigenvalue weighted by atomic mass is 9.48. The molecule has 5 heteroatoms. The molecule has 2 aliphatic heterocycles. The molecular weight excluding hydrogens is 330 g/mol. The maximum atomic E-state index is 12.8. The number of likely N-dealkylation sites (N-methyl/N-ethyl adjacent to an activating group) is 1. The fourth-order valence-corrected chi connectivity index (χ4v) is 6.94. The zero-order chi connectivity index (χ0) is 17.9. The van der Waals surface area contributed by atoms with Gasteiger partial charge in [-0.3, -0.25) is 4.79 Å². The van der Waals surface area contributed by atoms with Crippen molar-refractivity contribution in [2.24, 2.45) is 5.92 Å². The molecule has 26 heavy (non-hydrogen) atoms. The molecule has 0 radical (unpaired) electrons. The minimum absolute atomic E-state index is 0.0789. The van der Waals surface area contributed by atoms with Crippen molar-refractivity contribution in [1.82, 2.24) is 0 Å². The smallest absolute Gasteiger partial charge is 0.174 e. The Morgan fingerprint density at radius 3 is 2.88 bits per heavy atom. The molecule has 1 aromatic carbocycles. The molecule has 0 aromatic heterocycles. The summed E-state index contributed by atoms with van der Waals surface area (Å²) in [7, 11) is 2.31. The number of ether oxygens (including phenoxy) is 1. The Labute approximate surface area is 153 Å². The number of piperidine rings is 1. The summed E-state index contributed by atoms with van der Waals surface area (Å²) < 4.78 is 6.98. The van der Waals surface area contributed by atoms with E-state index < -0.39 is 17.1 Å². The molecule has 5 aliphatic rings. The predicted octanol–water partition coefficient (Wildman–Crippen LogP) is 1.67. The third-order valence-corrected chi connectivity index (χ3v) is 8.28. The average molecular weight is 356 g/mol. The normalized spacial score (nSPS) is 45.2. The minimum atomic E-state index is -0.931. The molecule has 138 valence electrons. The minimum Gasteiger partial charge on any atom is -0.504 e. The van der Waals surface area contributed by atoms with Crippen molar-refractivity contribution in [3.05, 3.63) is 23.3 Å². The highest BCUT2D eigenvalue weighted by molar-refractivity contribution is 5.90. The fourth-order valence-electron chi connectivity index (χ4n) is 6.94. The summed E-state index contributed by atoms with van der Waals surface area (Å²) in [5, 5.41) is 22.5. The highest BCUT2D eigenvalue weighted by Crippen LogP contribution is 2.65. The van der Waals surface area contributed by atoms with Gasteiger partial charge in [0.25, 0.3) is 0 Å². The van der Waals surface area contributed by atoms with Crippen LogP contribution in [0.25, 0.3) is 0 Å². The topological polar surface area (TPSA) is 66.8 Å². The Kier molecular flexibility index (Phi) is 2.65. The first-order valence-electron chi connectivity index (χ1n) is 10.0. The van der Waals surface area contributed by atoms with Gasteiger partial charge in [-0.15, -0.1) is 0 Å². The highest BCUT2D eigenvalue weighted by atomic mass is 16.5. The first-order chi connectivity index (χ1) is 12.4. The number of benzene rings is 1. The Bertz CT molecular complexity index is 849. The van der Waals surface area contributed by atoms with Crippen molar-refractivity contribution in [1.29, 1.82) is 0 Å². The molecule has 2 saturated carbocycles. The van der Waals surface area contributed by atoms with E-state index in [0.29, 0.717) is 18.6 Å². The quantitative estimate of drug-likeness (QED) is 0.791. The van der Waals surface area contributed by atoms with Crippen molar-refractivity contribution < 1.29 is 24.2 Å². The fraction of sp³-hybridized carbons (Fsp3) is 0.667. The summed E-state index contributed by atoms with van der Waals surface area (Å²) in [5.74, 6) is 1.42. The zero-order valence-corrected chi connectivity index (χ0v) is 15.2. The van der Waals surface area contributed by atoms with Gasteiger partial charge in [0, 0.05) is 30.7 Å². The van der Waals surface area contributed by atoms with Crippen LogP contribution in [0.4, 0.5) is 0 Å². The van der Waals surface area contributed by atoms with E-state index in [4.69, 9.17) is 4.74 Å². The van der Waals surface area contributed by atoms with Crippen LogP contribution in [0.3, 0.4) is 0 Å². The number of rotatable bonds is 2. The SMILES string of the molecule is C[N+]1(CC2CC2)CC[C@]23c4c5ccc(O)c4O[C@H]2C(=O)CCC3(O)C1C5. The Hall–Kier alpha value is -1.59. The largest absolute Gasteiger partial charge is 0.504 e. The van der Waals surface area contributed by atoms with Crippen LogP contribution in [-0.2, 0) is 16.6 Å². The van der Waals surface area contributed by atoms with E-state index in [2.05, 4.69) is 7.05 Å². The van der Waals surface area contributed by atoms with Crippen LogP contribution in [0.15, 0.2) is 12.1 Å². The van der Waals surface area contributed by atoms with Crippen molar-refractivity contribution in [2.45, 2.75) is 61.7 Å². The lowest BCUT2D eigenvalue weighted by molar-refractivity contribution is -0.950. The van der Waals surface area contributed by atoms with Gasteiger partial charge in [-0.2, -0.15) is 0 Å². The first-order valence-corrected chi connectivity index (χ1v) is 10.0. The van der Waals surface area contributed by atoms with Crippen LogP contribution in [0.5, 0.6) is 11.5 Å². The zero-order valence-electron chi connectivity index (χ0n) is 15.2. The summed E-state index contributed by atoms with van der Waals surface area (Å²) in [4.78, 5) is 12.8. The Morgan fingerprint density at radius 2 is 2.12 bits per heavy atom. The molecule has 1 saturated heterocycles. The lowest BCUT2D eigenvalue weighted by Crippen LogP contribution is -2.80. The summed E-state index contributed by atoms with van der Waals surface area (Å²) in [6, 6.07) is 3.77. The van der Waals surface area contributed by atoms with E-state index in [0.717, 1.165) is 47.5 Å². The number of hydrogen-bond acceptors (Lipinski definition) is 4. The van der Waals surface area contributed by atoms with Gasteiger partial charge in [-0.25, -0.2) is 0 Å². The van der Waals surface area contributed by atoms with Gasteiger partial charge >= 0.3 is 0 Å². The van der Waals surface area contributed by atoms with Crippen LogP contribution in [0.2, 0.25) is 0 Å². The number of phenolic OH excluding ortho intramolecular Hbond substituents is 1. The van der Waals surface area contributed by atoms with Gasteiger partial charge in [-0.1, -0.05) is 6.07 Å². The number of aromatic hydroxyl groups is 1.